The number of ether oxygens (including phenoxy) is 1. The van der Waals surface area contributed by atoms with E-state index in [0.717, 1.165) is 5.56 Å². The molecule has 0 saturated heterocycles. The molecule has 84 valence electrons. The Morgan fingerprint density at radius 1 is 1.33 bits per heavy atom. The fraction of sp³-hybridized carbons (Fsp3) is 0.500. The maximum absolute atomic E-state index is 9.43. The van der Waals surface area contributed by atoms with Crippen LogP contribution in [-0.2, 0) is 4.74 Å². The van der Waals surface area contributed by atoms with Crippen molar-refractivity contribution < 1.29 is 9.84 Å². The van der Waals surface area contributed by atoms with Crippen molar-refractivity contribution >= 4 is 0 Å². The molecular formula is C12H19NO2. The Bertz CT molecular complexity index is 284. The SMILES string of the molecule is CCOC(O)C[C@H](N)c1ccc(C)cc1. The molecule has 0 bridgehead atoms. The van der Waals surface area contributed by atoms with E-state index in [9.17, 15) is 5.11 Å². The van der Waals surface area contributed by atoms with Gasteiger partial charge in [-0.3, -0.25) is 0 Å². The van der Waals surface area contributed by atoms with Crippen LogP contribution in [0.1, 0.15) is 30.5 Å². The fourth-order valence-corrected chi connectivity index (χ4v) is 1.43. The maximum Gasteiger partial charge on any atom is 0.156 e. The lowest BCUT2D eigenvalue weighted by molar-refractivity contribution is -0.102. The summed E-state index contributed by atoms with van der Waals surface area (Å²) in [5.41, 5.74) is 8.17. The van der Waals surface area contributed by atoms with Crippen molar-refractivity contribution in [3.8, 4) is 0 Å². The van der Waals surface area contributed by atoms with E-state index in [2.05, 4.69) is 0 Å². The number of aryl methyl sites for hydroxylation is 1. The molecule has 0 heterocycles. The largest absolute Gasteiger partial charge is 0.368 e. The van der Waals surface area contributed by atoms with E-state index in [0.29, 0.717) is 13.0 Å². The van der Waals surface area contributed by atoms with Crippen LogP contribution in [0.15, 0.2) is 24.3 Å². The Morgan fingerprint density at radius 3 is 2.47 bits per heavy atom. The Kier molecular flexibility index (Phi) is 4.75. The summed E-state index contributed by atoms with van der Waals surface area (Å²) in [5, 5.41) is 9.43. The summed E-state index contributed by atoms with van der Waals surface area (Å²) in [6.45, 7) is 4.38. The van der Waals surface area contributed by atoms with E-state index >= 15 is 0 Å². The van der Waals surface area contributed by atoms with E-state index < -0.39 is 6.29 Å². The molecule has 0 saturated carbocycles. The molecule has 0 aliphatic rings. The Hall–Kier alpha value is -0.900. The van der Waals surface area contributed by atoms with Gasteiger partial charge in [-0.1, -0.05) is 29.8 Å². The summed E-state index contributed by atoms with van der Waals surface area (Å²) in [7, 11) is 0. The summed E-state index contributed by atoms with van der Waals surface area (Å²) in [5.74, 6) is 0. The summed E-state index contributed by atoms with van der Waals surface area (Å²) in [6, 6.07) is 7.83. The number of aliphatic hydroxyl groups excluding tert-OH is 1. The van der Waals surface area contributed by atoms with Crippen molar-refractivity contribution in [2.45, 2.75) is 32.6 Å². The average molecular weight is 209 g/mol. The summed E-state index contributed by atoms with van der Waals surface area (Å²) in [6.07, 6.45) is -0.344. The molecule has 2 atom stereocenters. The quantitative estimate of drug-likeness (QED) is 0.726. The summed E-state index contributed by atoms with van der Waals surface area (Å²) in [4.78, 5) is 0. The first-order valence-corrected chi connectivity index (χ1v) is 5.25. The van der Waals surface area contributed by atoms with Crippen LogP contribution in [0.25, 0.3) is 0 Å². The Balaban J connectivity index is 2.53. The van der Waals surface area contributed by atoms with Crippen LogP contribution in [0.3, 0.4) is 0 Å². The third-order valence-electron chi connectivity index (χ3n) is 2.32. The first kappa shape index (κ1) is 12.2. The second-order valence-electron chi connectivity index (χ2n) is 3.66. The highest BCUT2D eigenvalue weighted by Gasteiger charge is 2.11. The minimum Gasteiger partial charge on any atom is -0.368 e. The summed E-state index contributed by atoms with van der Waals surface area (Å²) >= 11 is 0. The lowest BCUT2D eigenvalue weighted by Crippen LogP contribution is -2.21. The molecule has 0 aromatic heterocycles. The lowest BCUT2D eigenvalue weighted by atomic mass is 10.0. The molecule has 1 aromatic rings. The van der Waals surface area contributed by atoms with Crippen molar-refractivity contribution in [2.24, 2.45) is 5.73 Å². The van der Waals surface area contributed by atoms with Crippen molar-refractivity contribution in [1.82, 2.24) is 0 Å². The first-order valence-electron chi connectivity index (χ1n) is 5.25. The monoisotopic (exact) mass is 209 g/mol. The highest BCUT2D eigenvalue weighted by atomic mass is 16.6. The molecule has 3 nitrogen and oxygen atoms in total. The lowest BCUT2D eigenvalue weighted by Gasteiger charge is -2.16. The van der Waals surface area contributed by atoms with Gasteiger partial charge in [-0.15, -0.1) is 0 Å². The highest BCUT2D eigenvalue weighted by molar-refractivity contribution is 5.23. The molecule has 1 unspecified atom stereocenters. The minimum absolute atomic E-state index is 0.174. The second kappa shape index (κ2) is 5.85. The zero-order valence-electron chi connectivity index (χ0n) is 9.31. The van der Waals surface area contributed by atoms with Crippen LogP contribution in [0.4, 0.5) is 0 Å². The standard InChI is InChI=1S/C12H19NO2/c1-3-15-12(14)8-11(13)10-6-4-9(2)5-7-10/h4-7,11-12,14H,3,8,13H2,1-2H3/t11-,12?/m0/s1. The third-order valence-corrected chi connectivity index (χ3v) is 2.32. The van der Waals surface area contributed by atoms with Gasteiger partial charge in [0.05, 0.1) is 0 Å². The average Bonchev–Trinajstić information content (AvgIpc) is 2.18. The molecule has 0 aliphatic heterocycles. The highest BCUT2D eigenvalue weighted by Crippen LogP contribution is 2.16. The molecule has 1 aromatic carbocycles. The summed E-state index contributed by atoms with van der Waals surface area (Å²) < 4.78 is 5.03. The van der Waals surface area contributed by atoms with E-state index in [1.807, 2.05) is 38.1 Å². The van der Waals surface area contributed by atoms with Gasteiger partial charge in [-0.05, 0) is 19.4 Å². The minimum atomic E-state index is -0.772. The topological polar surface area (TPSA) is 55.5 Å². The van der Waals surface area contributed by atoms with Gasteiger partial charge < -0.3 is 15.6 Å². The van der Waals surface area contributed by atoms with E-state index in [1.54, 1.807) is 0 Å². The van der Waals surface area contributed by atoms with Crippen molar-refractivity contribution in [1.29, 1.82) is 0 Å². The predicted octanol–water partition coefficient (Wildman–Crippen LogP) is 1.74. The molecule has 0 aliphatic carbocycles. The van der Waals surface area contributed by atoms with Crippen molar-refractivity contribution in [2.75, 3.05) is 6.61 Å². The number of nitrogens with two attached hydrogens (primary N) is 1. The maximum atomic E-state index is 9.43. The van der Waals surface area contributed by atoms with E-state index in [4.69, 9.17) is 10.5 Å². The van der Waals surface area contributed by atoms with Crippen LogP contribution in [0.2, 0.25) is 0 Å². The molecule has 0 fully saturated rings. The number of aliphatic hydroxyl groups is 1. The van der Waals surface area contributed by atoms with Gasteiger partial charge in [0.15, 0.2) is 6.29 Å². The number of hydrogen-bond acceptors (Lipinski definition) is 3. The number of rotatable bonds is 5. The van der Waals surface area contributed by atoms with Gasteiger partial charge >= 0.3 is 0 Å². The Morgan fingerprint density at radius 2 is 1.93 bits per heavy atom. The van der Waals surface area contributed by atoms with Gasteiger partial charge in [0, 0.05) is 19.1 Å². The molecule has 0 spiro atoms. The Labute approximate surface area is 90.9 Å². The van der Waals surface area contributed by atoms with Crippen molar-refractivity contribution in [3.63, 3.8) is 0 Å². The predicted molar refractivity (Wildman–Crippen MR) is 60.4 cm³/mol. The smallest absolute Gasteiger partial charge is 0.156 e. The van der Waals surface area contributed by atoms with Crippen LogP contribution in [0.5, 0.6) is 0 Å². The molecular weight excluding hydrogens is 190 g/mol. The molecule has 3 N–H and O–H groups in total. The zero-order chi connectivity index (χ0) is 11.3. The fourth-order valence-electron chi connectivity index (χ4n) is 1.43. The van der Waals surface area contributed by atoms with Gasteiger partial charge in [-0.2, -0.15) is 0 Å². The normalized spacial score (nSPS) is 14.9. The van der Waals surface area contributed by atoms with Crippen LogP contribution < -0.4 is 5.73 Å². The van der Waals surface area contributed by atoms with Crippen LogP contribution in [0, 0.1) is 6.92 Å². The molecule has 0 amide bonds. The molecule has 3 heteroatoms. The van der Waals surface area contributed by atoms with Crippen LogP contribution in [-0.4, -0.2) is 18.0 Å². The molecule has 15 heavy (non-hydrogen) atoms. The molecule has 0 radical (unpaired) electrons. The number of hydrogen-bond donors (Lipinski definition) is 2. The van der Waals surface area contributed by atoms with Gasteiger partial charge in [0.1, 0.15) is 0 Å². The third kappa shape index (κ3) is 4.00. The van der Waals surface area contributed by atoms with Crippen LogP contribution >= 0.6 is 0 Å². The van der Waals surface area contributed by atoms with Gasteiger partial charge in [0.2, 0.25) is 0 Å². The van der Waals surface area contributed by atoms with Gasteiger partial charge in [0.25, 0.3) is 0 Å². The molecule has 1 rings (SSSR count). The second-order valence-corrected chi connectivity index (χ2v) is 3.66. The number of benzene rings is 1. The van der Waals surface area contributed by atoms with Gasteiger partial charge in [-0.25, -0.2) is 0 Å². The first-order chi connectivity index (χ1) is 7.13. The van der Waals surface area contributed by atoms with E-state index in [1.165, 1.54) is 5.56 Å². The van der Waals surface area contributed by atoms with E-state index in [-0.39, 0.29) is 6.04 Å². The van der Waals surface area contributed by atoms with Crippen molar-refractivity contribution in [3.05, 3.63) is 35.4 Å². The zero-order valence-corrected chi connectivity index (χ0v) is 9.31.